The van der Waals surface area contributed by atoms with Gasteiger partial charge in [-0.3, -0.25) is 19.2 Å². The van der Waals surface area contributed by atoms with Crippen LogP contribution in [0.1, 0.15) is 46.2 Å². The number of fused-ring (bicyclic) bond motifs is 4. The van der Waals surface area contributed by atoms with Crippen molar-refractivity contribution in [3.63, 3.8) is 0 Å². The number of nitrogens with zero attached hydrogens (tertiary/aromatic N) is 4. The van der Waals surface area contributed by atoms with Crippen LogP contribution in [0.4, 0.5) is 0 Å². The van der Waals surface area contributed by atoms with Crippen LogP contribution in [0.5, 0.6) is 0 Å². The van der Waals surface area contributed by atoms with E-state index in [1.54, 1.807) is 55.6 Å². The maximum Gasteiger partial charge on any atom is 0.262 e. The number of benzene rings is 6. The number of H-pyrrole nitrogens is 2. The summed E-state index contributed by atoms with van der Waals surface area (Å²) in [7, 11) is 3.56. The first-order valence-electron chi connectivity index (χ1n) is 21.2. The van der Waals surface area contributed by atoms with Gasteiger partial charge in [0.05, 0.1) is 38.7 Å². The number of hydrogen-bond donors (Lipinski definition) is 2. The zero-order chi connectivity index (χ0) is 46.5. The molecule has 6 aromatic carbocycles. The molecule has 0 aliphatic heterocycles. The van der Waals surface area contributed by atoms with Crippen molar-refractivity contribution in [2.24, 2.45) is 14.1 Å². The van der Waals surface area contributed by atoms with Gasteiger partial charge in [-0.1, -0.05) is 122 Å². The van der Waals surface area contributed by atoms with E-state index < -0.39 is 11.3 Å². The van der Waals surface area contributed by atoms with Gasteiger partial charge in [-0.2, -0.15) is 0 Å². The summed E-state index contributed by atoms with van der Waals surface area (Å²) in [6.07, 6.45) is 6.02. The molecule has 0 bridgehead atoms. The summed E-state index contributed by atoms with van der Waals surface area (Å²) in [5, 5.41) is 2.51. The van der Waals surface area contributed by atoms with Crippen molar-refractivity contribution in [2.75, 3.05) is 0 Å². The molecule has 0 saturated heterocycles. The van der Waals surface area contributed by atoms with Crippen LogP contribution in [0.25, 0.3) is 78.3 Å². The summed E-state index contributed by atoms with van der Waals surface area (Å²) in [5.41, 5.74) is 6.85. The number of para-hydroxylation sites is 4. The minimum Gasteiger partial charge on any atom is -0.338 e. The number of pyridine rings is 2. The molecule has 66 heavy (non-hydrogen) atoms. The predicted octanol–water partition coefficient (Wildman–Crippen LogP) is 12.3. The first-order valence-corrected chi connectivity index (χ1v) is 21.9. The number of carbonyl (C=O) groups excluding carboxylic acids is 2. The number of rotatable bonds is 8. The van der Waals surface area contributed by atoms with E-state index in [1.807, 2.05) is 135 Å². The Bertz CT molecular complexity index is 3610. The van der Waals surface area contributed by atoms with Gasteiger partial charge in [-0.05, 0) is 96.1 Å². The van der Waals surface area contributed by atoms with Crippen molar-refractivity contribution >= 4 is 90.8 Å². The highest BCUT2D eigenvalue weighted by Crippen LogP contribution is 2.34. The normalized spacial score (nSPS) is 11.3. The summed E-state index contributed by atoms with van der Waals surface area (Å²) >= 11 is 12.5. The fourth-order valence-electron chi connectivity index (χ4n) is 7.89. The van der Waals surface area contributed by atoms with E-state index in [2.05, 4.69) is 19.9 Å². The van der Waals surface area contributed by atoms with Gasteiger partial charge in [0.1, 0.15) is 11.6 Å². The second-order valence-electron chi connectivity index (χ2n) is 15.0. The lowest BCUT2D eigenvalue weighted by Crippen LogP contribution is -2.25. The summed E-state index contributed by atoms with van der Waals surface area (Å²) < 4.78 is 3.41. The Morgan fingerprint density at radius 1 is 0.545 bits per heavy atom. The number of aryl methyl sites for hydroxylation is 2. The highest BCUT2D eigenvalue weighted by atomic mass is 35.5. The molecule has 326 valence electrons. The molecule has 0 aliphatic rings. The predicted molar refractivity (Wildman–Crippen MR) is 270 cm³/mol. The minimum atomic E-state index is -0.451. The number of aromatic amines is 2. The third-order valence-electron chi connectivity index (χ3n) is 11.0. The summed E-state index contributed by atoms with van der Waals surface area (Å²) in [6.45, 7) is 4.00. The molecule has 4 heterocycles. The van der Waals surface area contributed by atoms with E-state index in [1.165, 1.54) is 16.7 Å². The Morgan fingerprint density at radius 2 is 1.11 bits per heavy atom. The molecule has 0 aliphatic carbocycles. The van der Waals surface area contributed by atoms with Crippen molar-refractivity contribution in [2.45, 2.75) is 13.8 Å². The number of allylic oxidation sites excluding steroid dienone is 2. The fourth-order valence-corrected chi connectivity index (χ4v) is 8.24. The maximum absolute atomic E-state index is 13.5. The third-order valence-corrected chi connectivity index (χ3v) is 11.4. The lowest BCUT2D eigenvalue weighted by molar-refractivity contribution is 0.103. The lowest BCUT2D eigenvalue weighted by atomic mass is 9.93. The Kier molecular flexibility index (Phi) is 13.2. The molecule has 0 radical (unpaired) electrons. The first kappa shape index (κ1) is 44.7. The van der Waals surface area contributed by atoms with Crippen LogP contribution in [-0.4, -0.2) is 40.6 Å². The Balaban J connectivity index is 0.000000173. The fraction of sp³-hybridized carbons (Fsp3) is 0.0741. The number of carbonyl (C=O) groups is 2. The van der Waals surface area contributed by atoms with E-state index in [0.29, 0.717) is 49.2 Å². The minimum absolute atomic E-state index is 0.0633. The molecular weight excluding hydrogens is 868 g/mol. The second kappa shape index (κ2) is 19.4. The Labute approximate surface area is 389 Å². The molecule has 10 nitrogen and oxygen atoms in total. The zero-order valence-corrected chi connectivity index (χ0v) is 37.9. The van der Waals surface area contributed by atoms with Crippen LogP contribution < -0.4 is 11.1 Å². The maximum atomic E-state index is 13.5. The summed E-state index contributed by atoms with van der Waals surface area (Å²) in [4.78, 5) is 68.0. The molecule has 0 atom stereocenters. The van der Waals surface area contributed by atoms with E-state index in [0.717, 1.165) is 38.6 Å². The Morgan fingerprint density at radius 3 is 1.77 bits per heavy atom. The highest BCUT2D eigenvalue weighted by Gasteiger charge is 2.22. The number of halogens is 2. The van der Waals surface area contributed by atoms with Gasteiger partial charge in [-0.15, -0.1) is 0 Å². The van der Waals surface area contributed by atoms with Crippen molar-refractivity contribution in [1.82, 2.24) is 29.1 Å². The number of ketones is 2. The van der Waals surface area contributed by atoms with Gasteiger partial charge >= 0.3 is 0 Å². The van der Waals surface area contributed by atoms with E-state index in [-0.39, 0.29) is 22.5 Å². The van der Waals surface area contributed by atoms with Gasteiger partial charge in [0.25, 0.3) is 11.1 Å². The molecular formula is C54H42Cl2N6O4. The second-order valence-corrected chi connectivity index (χ2v) is 15.8. The standard InChI is InChI=1S/C27H20ClN3O2.C25H16ClN3O2.C2H6/c1-30-22-11-7-6-10-20(22)29-24(30)15-14-23(32)26-25(17-8-4-3-5-9-17)19-16-18(28)12-13-21(19)31(2)27(26)33;26-16-10-11-18-17(14-16)23(15-6-2-1-3-7-15)24(25(31)29-18)21(30)12-13-22-27-19-8-4-5-9-20(19)28-22;1-2/h3-16H,1-2H3;1-14H,(H,27,28)(H,29,31);1-2H3/b15-14+;13-12+;. The van der Waals surface area contributed by atoms with Gasteiger partial charge in [0, 0.05) is 51.6 Å². The lowest BCUT2D eigenvalue weighted by Gasteiger charge is -2.15. The largest absolute Gasteiger partial charge is 0.338 e. The molecule has 0 fully saturated rings. The van der Waals surface area contributed by atoms with Crippen LogP contribution >= 0.6 is 23.2 Å². The van der Waals surface area contributed by atoms with Gasteiger partial charge in [-0.25, -0.2) is 9.97 Å². The number of hydrogen-bond acceptors (Lipinski definition) is 6. The van der Waals surface area contributed by atoms with Crippen molar-refractivity contribution in [1.29, 1.82) is 0 Å². The van der Waals surface area contributed by atoms with Crippen LogP contribution in [-0.2, 0) is 14.1 Å². The number of imidazole rings is 2. The SMILES string of the molecule is CC.Cn1c(/C=C/C(=O)c2c(-c3ccccc3)c3cc(Cl)ccc3n(C)c2=O)nc2ccccc21.O=C(/C=C/c1nc2ccccc2[nH]1)c1c(-c2ccccc2)c2cc(Cl)ccc2[nH]c1=O. The first-order chi connectivity index (χ1) is 32.0. The average Bonchev–Trinajstić information content (AvgIpc) is 3.92. The molecule has 2 N–H and O–H groups in total. The monoisotopic (exact) mass is 908 g/mol. The van der Waals surface area contributed by atoms with E-state index >= 15 is 0 Å². The number of nitrogens with one attached hydrogen (secondary N) is 2. The zero-order valence-electron chi connectivity index (χ0n) is 36.3. The van der Waals surface area contributed by atoms with Gasteiger partial charge < -0.3 is 19.1 Å². The molecule has 10 rings (SSSR count). The van der Waals surface area contributed by atoms with E-state index in [4.69, 9.17) is 23.2 Å². The third kappa shape index (κ3) is 8.92. The van der Waals surface area contributed by atoms with Crippen LogP contribution in [0.2, 0.25) is 10.0 Å². The molecule has 0 spiro atoms. The highest BCUT2D eigenvalue weighted by molar-refractivity contribution is 6.32. The molecule has 12 heteroatoms. The number of aromatic nitrogens is 6. The van der Waals surface area contributed by atoms with Crippen LogP contribution in [0, 0.1) is 0 Å². The molecule has 0 saturated carbocycles. The van der Waals surface area contributed by atoms with Crippen LogP contribution in [0.15, 0.2) is 167 Å². The molecule has 0 unspecified atom stereocenters. The van der Waals surface area contributed by atoms with Gasteiger partial charge in [0.15, 0.2) is 11.6 Å². The molecule has 10 aromatic rings. The quantitative estimate of drug-likeness (QED) is 0.115. The van der Waals surface area contributed by atoms with Crippen LogP contribution in [0.3, 0.4) is 0 Å². The Hall–Kier alpha value is -7.92. The smallest absolute Gasteiger partial charge is 0.262 e. The summed E-state index contributed by atoms with van der Waals surface area (Å²) in [5.74, 6) is 0.369. The van der Waals surface area contributed by atoms with Crippen molar-refractivity contribution in [3.05, 3.63) is 211 Å². The summed E-state index contributed by atoms with van der Waals surface area (Å²) in [6, 6.07) is 44.7. The average molecular weight is 910 g/mol. The van der Waals surface area contributed by atoms with E-state index in [9.17, 15) is 19.2 Å². The van der Waals surface area contributed by atoms with Crippen molar-refractivity contribution in [3.8, 4) is 22.3 Å². The van der Waals surface area contributed by atoms with Crippen molar-refractivity contribution < 1.29 is 9.59 Å². The topological polar surface area (TPSA) is 136 Å². The molecule has 4 aromatic heterocycles. The molecule has 0 amide bonds. The van der Waals surface area contributed by atoms with Gasteiger partial charge in [0.2, 0.25) is 0 Å².